The van der Waals surface area contributed by atoms with Crippen LogP contribution in [0.4, 0.5) is 24.5 Å². The number of carbonyl (C=O) groups excluding carboxylic acids is 1. The Balaban J connectivity index is 1.99. The lowest BCUT2D eigenvalue weighted by molar-refractivity contribution is -0.137. The molecule has 0 unspecified atom stereocenters. The minimum absolute atomic E-state index is 0.0739. The molecule has 1 aliphatic rings. The molecule has 1 saturated heterocycles. The van der Waals surface area contributed by atoms with Crippen molar-refractivity contribution >= 4 is 27.4 Å². The van der Waals surface area contributed by atoms with Crippen LogP contribution in [0.2, 0.25) is 0 Å². The van der Waals surface area contributed by atoms with Gasteiger partial charge in [-0.15, -0.1) is 0 Å². The van der Waals surface area contributed by atoms with Crippen molar-refractivity contribution in [3.8, 4) is 5.75 Å². The Morgan fingerprint density at radius 1 is 1.22 bits per heavy atom. The second-order valence-corrected chi connectivity index (χ2v) is 9.65. The van der Waals surface area contributed by atoms with E-state index in [4.69, 9.17) is 17.9 Å². The zero-order valence-corrected chi connectivity index (χ0v) is 19.3. The van der Waals surface area contributed by atoms with E-state index in [-0.39, 0.29) is 17.0 Å². The van der Waals surface area contributed by atoms with Crippen LogP contribution in [0, 0.1) is 13.1 Å². The fraction of sp³-hybridized carbons (Fsp3) is 0.318. The highest BCUT2D eigenvalue weighted by atomic mass is 32.2. The molecule has 0 saturated carbocycles. The molecule has 14 heteroatoms. The molecule has 0 spiro atoms. The first-order chi connectivity index (χ1) is 16.8. The third-order valence-electron chi connectivity index (χ3n) is 5.48. The fourth-order valence-corrected chi connectivity index (χ4v) is 5.17. The summed E-state index contributed by atoms with van der Waals surface area (Å²) < 4.78 is 76.5. The van der Waals surface area contributed by atoms with Gasteiger partial charge in [0.25, 0.3) is 0 Å². The van der Waals surface area contributed by atoms with Gasteiger partial charge in [0.15, 0.2) is 5.69 Å². The zero-order valence-electron chi connectivity index (χ0n) is 18.5. The Hall–Kier alpha value is -3.69. The average Bonchev–Trinajstić information content (AvgIpc) is 3.20. The molecule has 0 aromatic heterocycles. The Morgan fingerprint density at radius 3 is 2.47 bits per heavy atom. The monoisotopic (exact) mass is 525 g/mol. The number of alkyl halides is 3. The number of hydrogen-bond acceptors (Lipinski definition) is 7. The lowest BCUT2D eigenvalue weighted by atomic mass is 10.0. The summed E-state index contributed by atoms with van der Waals surface area (Å²) in [5, 5.41) is 20.7. The van der Waals surface area contributed by atoms with Gasteiger partial charge in [0.1, 0.15) is 17.5 Å². The number of halogens is 3. The average molecular weight is 525 g/mol. The molecule has 2 atom stereocenters. The van der Waals surface area contributed by atoms with Crippen LogP contribution in [0.1, 0.15) is 15.9 Å². The van der Waals surface area contributed by atoms with Crippen LogP contribution in [0.15, 0.2) is 41.3 Å². The lowest BCUT2D eigenvalue weighted by Gasteiger charge is -2.27. The first-order valence-electron chi connectivity index (χ1n) is 9.99. The van der Waals surface area contributed by atoms with Crippen molar-refractivity contribution < 1.29 is 46.1 Å². The first kappa shape index (κ1) is 26.9. The maximum absolute atomic E-state index is 13.2. The maximum Gasteiger partial charge on any atom is 0.415 e. The number of esters is 1. The van der Waals surface area contributed by atoms with Gasteiger partial charge >= 0.3 is 12.1 Å². The van der Waals surface area contributed by atoms with Gasteiger partial charge in [0, 0.05) is 12.1 Å². The van der Waals surface area contributed by atoms with Gasteiger partial charge in [0.2, 0.25) is 15.7 Å². The van der Waals surface area contributed by atoms with E-state index in [1.54, 1.807) is 0 Å². The van der Waals surface area contributed by atoms with Crippen molar-refractivity contribution in [1.29, 1.82) is 0 Å². The number of sulfonamides is 1. The molecule has 36 heavy (non-hydrogen) atoms. The highest BCUT2D eigenvalue weighted by molar-refractivity contribution is 7.89. The van der Waals surface area contributed by atoms with E-state index in [0.717, 1.165) is 7.11 Å². The molecule has 2 aromatic carbocycles. The van der Waals surface area contributed by atoms with Gasteiger partial charge in [-0.3, -0.25) is 0 Å². The van der Waals surface area contributed by atoms with Crippen molar-refractivity contribution in [2.75, 3.05) is 26.8 Å². The predicted molar refractivity (Wildman–Crippen MR) is 117 cm³/mol. The van der Waals surface area contributed by atoms with E-state index >= 15 is 0 Å². The predicted octanol–water partition coefficient (Wildman–Crippen LogP) is 2.77. The minimum atomic E-state index is -4.80. The summed E-state index contributed by atoms with van der Waals surface area (Å²) >= 11 is 0. The van der Waals surface area contributed by atoms with E-state index in [2.05, 4.69) is 14.4 Å². The number of aliphatic hydroxyl groups is 2. The summed E-state index contributed by atoms with van der Waals surface area (Å²) in [5.74, 6) is -1.04. The molecular weight excluding hydrogens is 507 g/mol. The highest BCUT2D eigenvalue weighted by Crippen LogP contribution is 2.38. The lowest BCUT2D eigenvalue weighted by Crippen LogP contribution is -2.48. The number of methoxy groups -OCH3 is 1. The van der Waals surface area contributed by atoms with E-state index in [1.807, 2.05) is 0 Å². The van der Waals surface area contributed by atoms with Crippen LogP contribution >= 0.6 is 0 Å². The van der Waals surface area contributed by atoms with Crippen molar-refractivity contribution in [1.82, 2.24) is 4.31 Å². The first-order valence-corrected chi connectivity index (χ1v) is 11.4. The normalized spacial score (nSPS) is 20.4. The molecule has 0 bridgehead atoms. The summed E-state index contributed by atoms with van der Waals surface area (Å²) in [4.78, 5) is 17.5. The van der Waals surface area contributed by atoms with Crippen molar-refractivity contribution in [2.24, 2.45) is 0 Å². The van der Waals surface area contributed by atoms with E-state index in [0.29, 0.717) is 22.5 Å². The Bertz CT molecular complexity index is 1380. The number of rotatable bonds is 6. The van der Waals surface area contributed by atoms with Crippen LogP contribution < -0.4 is 4.74 Å². The van der Waals surface area contributed by atoms with Crippen LogP contribution in [-0.2, 0) is 20.9 Å². The molecule has 1 fully saturated rings. The van der Waals surface area contributed by atoms with Crippen molar-refractivity contribution in [3.63, 3.8) is 0 Å². The third-order valence-corrected chi connectivity index (χ3v) is 7.34. The summed E-state index contributed by atoms with van der Waals surface area (Å²) in [6.07, 6.45) is -6.24. The van der Waals surface area contributed by atoms with Crippen LogP contribution in [0.25, 0.3) is 9.69 Å². The van der Waals surface area contributed by atoms with Crippen molar-refractivity contribution in [3.05, 3.63) is 70.4 Å². The topological polar surface area (TPSA) is 122 Å². The number of hydrogen-bond donors (Lipinski definition) is 2. The molecule has 0 amide bonds. The number of aliphatic hydroxyl groups excluding tert-OH is 1. The molecule has 2 aromatic rings. The molecule has 1 heterocycles. The number of carbonyl (C=O) groups is 1. The summed E-state index contributed by atoms with van der Waals surface area (Å²) in [6.45, 7) is 12.0. The Labute approximate surface area is 203 Å². The quantitative estimate of drug-likeness (QED) is 0.439. The molecular formula is C22H18F3N3O7S. The number of benzene rings is 2. The largest absolute Gasteiger partial charge is 0.485 e. The summed E-state index contributed by atoms with van der Waals surface area (Å²) in [6, 6.07) is 5.28. The number of ether oxygens (including phenoxy) is 2. The highest BCUT2D eigenvalue weighted by Gasteiger charge is 2.51. The zero-order chi connectivity index (χ0) is 26.9. The second-order valence-electron chi connectivity index (χ2n) is 7.74. The molecule has 10 nitrogen and oxygen atoms in total. The van der Waals surface area contributed by atoms with Crippen LogP contribution in [0.3, 0.4) is 0 Å². The van der Waals surface area contributed by atoms with E-state index in [1.165, 1.54) is 18.2 Å². The van der Waals surface area contributed by atoms with Gasteiger partial charge < -0.3 is 19.7 Å². The van der Waals surface area contributed by atoms with Crippen molar-refractivity contribution in [2.45, 2.75) is 22.8 Å². The molecule has 190 valence electrons. The van der Waals surface area contributed by atoms with Gasteiger partial charge in [-0.05, 0) is 18.2 Å². The standard InChI is InChI=1S/C22H18F3N3O7S/c1-26-14-5-6-17(15(9-14)20(30)34-3)35-19-10-28(11-21(19,31)12-29)36(32,33)18-7-4-13(22(23,24)25)8-16(18)27-2/h4-9,19,29,31H,10-12H2,3H3/t19-,21+/m0/s1. The molecule has 0 radical (unpaired) electrons. The minimum Gasteiger partial charge on any atom is -0.485 e. The molecule has 2 N–H and O–H groups in total. The maximum atomic E-state index is 13.2. The second kappa shape index (κ2) is 9.75. The van der Waals surface area contributed by atoms with E-state index < -0.39 is 69.7 Å². The van der Waals surface area contributed by atoms with Gasteiger partial charge in [-0.2, -0.15) is 17.5 Å². The fourth-order valence-electron chi connectivity index (χ4n) is 3.56. The SMILES string of the molecule is [C-]#[N+]c1ccc(O[C@H]2CN(S(=O)(=O)c3ccc(C(F)(F)F)cc3[N+]#[C-])C[C@@]2(O)CO)c(C(=O)OC)c1. The Morgan fingerprint density at radius 2 is 1.92 bits per heavy atom. The van der Waals surface area contributed by atoms with Gasteiger partial charge in [-0.1, -0.05) is 18.2 Å². The molecule has 0 aliphatic carbocycles. The Kier molecular flexibility index (Phi) is 7.29. The smallest absolute Gasteiger partial charge is 0.415 e. The summed E-state index contributed by atoms with van der Waals surface area (Å²) in [5.41, 5.74) is -4.27. The summed E-state index contributed by atoms with van der Waals surface area (Å²) in [7, 11) is -3.54. The third kappa shape index (κ3) is 4.98. The van der Waals surface area contributed by atoms with Crippen LogP contribution in [-0.4, -0.2) is 67.4 Å². The van der Waals surface area contributed by atoms with E-state index in [9.17, 15) is 36.6 Å². The molecule has 1 aliphatic heterocycles. The molecule has 3 rings (SSSR count). The van der Waals surface area contributed by atoms with Crippen LogP contribution in [0.5, 0.6) is 5.75 Å². The number of β-amino-alcohol motifs (C(OH)–C–C–N with tert-alkyl or cyclic N) is 1. The van der Waals surface area contributed by atoms with Gasteiger partial charge in [0.05, 0.1) is 43.9 Å². The number of nitrogens with zero attached hydrogens (tertiary/aromatic N) is 3. The van der Waals surface area contributed by atoms with Gasteiger partial charge in [-0.25, -0.2) is 22.9 Å².